The first-order valence-corrected chi connectivity index (χ1v) is 8.71. The standard InChI is InChI=1S/C17H27NO3/c19-16(18-10-17(20)1-3-21-4-2-17)15-13-6-11-5-12(8-13)9-14(15)7-11/h11-15,20H,1-10H2,(H,18,19). The second kappa shape index (κ2) is 5.24. The van der Waals surface area contributed by atoms with Gasteiger partial charge in [-0.3, -0.25) is 4.79 Å². The van der Waals surface area contributed by atoms with Gasteiger partial charge in [-0.15, -0.1) is 0 Å². The smallest absolute Gasteiger partial charge is 0.223 e. The molecule has 21 heavy (non-hydrogen) atoms. The minimum Gasteiger partial charge on any atom is -0.388 e. The molecule has 1 heterocycles. The second-order valence-electron chi connectivity index (χ2n) is 8.01. The SMILES string of the molecule is O=C(NCC1(O)CCOCC1)C1C2CC3CC(C2)CC1C3. The van der Waals surface area contributed by atoms with Gasteiger partial charge in [0, 0.05) is 38.5 Å². The van der Waals surface area contributed by atoms with Crippen LogP contribution in [0.2, 0.25) is 0 Å². The van der Waals surface area contributed by atoms with E-state index in [9.17, 15) is 9.90 Å². The maximum atomic E-state index is 12.7. The number of ether oxygens (including phenoxy) is 1. The summed E-state index contributed by atoms with van der Waals surface area (Å²) in [6.45, 7) is 1.60. The van der Waals surface area contributed by atoms with Gasteiger partial charge in [0.15, 0.2) is 0 Å². The average Bonchev–Trinajstić information content (AvgIpc) is 2.45. The van der Waals surface area contributed by atoms with E-state index in [2.05, 4.69) is 5.32 Å². The van der Waals surface area contributed by atoms with Gasteiger partial charge < -0.3 is 15.2 Å². The third-order valence-corrected chi connectivity index (χ3v) is 6.54. The van der Waals surface area contributed by atoms with Crippen LogP contribution >= 0.6 is 0 Å². The summed E-state index contributed by atoms with van der Waals surface area (Å²) in [5, 5.41) is 13.6. The van der Waals surface area contributed by atoms with Crippen LogP contribution in [0.25, 0.3) is 0 Å². The molecule has 5 aliphatic rings. The topological polar surface area (TPSA) is 58.6 Å². The van der Waals surface area contributed by atoms with Crippen molar-refractivity contribution < 1.29 is 14.6 Å². The lowest BCUT2D eigenvalue weighted by atomic mass is 9.51. The monoisotopic (exact) mass is 293 g/mol. The molecule has 4 heteroatoms. The van der Waals surface area contributed by atoms with Gasteiger partial charge in [0.1, 0.15) is 0 Å². The van der Waals surface area contributed by atoms with Gasteiger partial charge in [0.2, 0.25) is 5.91 Å². The van der Waals surface area contributed by atoms with Crippen molar-refractivity contribution in [1.82, 2.24) is 5.32 Å². The van der Waals surface area contributed by atoms with Crippen LogP contribution in [0.5, 0.6) is 0 Å². The Hall–Kier alpha value is -0.610. The Morgan fingerprint density at radius 1 is 1.05 bits per heavy atom. The Morgan fingerprint density at radius 3 is 2.19 bits per heavy atom. The molecular weight excluding hydrogens is 266 g/mol. The minimum atomic E-state index is -0.750. The normalized spacial score (nSPS) is 43.8. The minimum absolute atomic E-state index is 0.212. The highest BCUT2D eigenvalue weighted by atomic mass is 16.5. The quantitative estimate of drug-likeness (QED) is 0.833. The van der Waals surface area contributed by atoms with E-state index in [0.717, 1.165) is 11.8 Å². The predicted octanol–water partition coefficient (Wildman–Crippen LogP) is 1.72. The molecule has 118 valence electrons. The highest BCUT2D eigenvalue weighted by Crippen LogP contribution is 2.56. The summed E-state index contributed by atoms with van der Waals surface area (Å²) in [7, 11) is 0. The van der Waals surface area contributed by atoms with E-state index in [4.69, 9.17) is 4.74 Å². The van der Waals surface area contributed by atoms with Gasteiger partial charge in [0.05, 0.1) is 5.60 Å². The van der Waals surface area contributed by atoms with Crippen molar-refractivity contribution in [2.24, 2.45) is 29.6 Å². The number of amides is 1. The third-order valence-electron chi connectivity index (χ3n) is 6.54. The molecule has 2 N–H and O–H groups in total. The van der Waals surface area contributed by atoms with E-state index in [0.29, 0.717) is 44.4 Å². The van der Waals surface area contributed by atoms with Gasteiger partial charge in [0.25, 0.3) is 0 Å². The lowest BCUT2D eigenvalue weighted by Gasteiger charge is -2.53. The van der Waals surface area contributed by atoms with Gasteiger partial charge in [-0.1, -0.05) is 0 Å². The molecule has 5 fully saturated rings. The molecule has 1 amide bonds. The fourth-order valence-electron chi connectivity index (χ4n) is 5.65. The highest BCUT2D eigenvalue weighted by Gasteiger charge is 2.50. The van der Waals surface area contributed by atoms with Crippen molar-refractivity contribution in [2.75, 3.05) is 19.8 Å². The van der Waals surface area contributed by atoms with Crippen molar-refractivity contribution in [3.05, 3.63) is 0 Å². The largest absolute Gasteiger partial charge is 0.388 e. The molecule has 0 spiro atoms. The molecule has 1 saturated heterocycles. The van der Waals surface area contributed by atoms with Crippen molar-refractivity contribution >= 4 is 5.91 Å². The molecule has 0 unspecified atom stereocenters. The lowest BCUT2D eigenvalue weighted by Crippen LogP contribution is -2.54. The molecule has 0 aromatic heterocycles. The number of hydrogen-bond acceptors (Lipinski definition) is 3. The highest BCUT2D eigenvalue weighted by molar-refractivity contribution is 5.79. The zero-order chi connectivity index (χ0) is 14.4. The van der Waals surface area contributed by atoms with Crippen LogP contribution < -0.4 is 5.32 Å². The van der Waals surface area contributed by atoms with Crippen molar-refractivity contribution in [1.29, 1.82) is 0 Å². The maximum absolute atomic E-state index is 12.7. The van der Waals surface area contributed by atoms with Gasteiger partial charge in [-0.25, -0.2) is 0 Å². The van der Waals surface area contributed by atoms with E-state index in [1.54, 1.807) is 0 Å². The third kappa shape index (κ3) is 2.61. The zero-order valence-electron chi connectivity index (χ0n) is 12.7. The number of carbonyl (C=O) groups excluding carboxylic acids is 1. The van der Waals surface area contributed by atoms with Crippen LogP contribution in [-0.4, -0.2) is 36.4 Å². The summed E-state index contributed by atoms with van der Waals surface area (Å²) in [6, 6.07) is 0. The molecule has 0 atom stereocenters. The molecule has 0 aromatic carbocycles. The summed E-state index contributed by atoms with van der Waals surface area (Å²) < 4.78 is 5.29. The van der Waals surface area contributed by atoms with E-state index >= 15 is 0 Å². The number of rotatable bonds is 3. The molecule has 5 rings (SSSR count). The summed E-state index contributed by atoms with van der Waals surface area (Å²) in [5.74, 6) is 3.47. The van der Waals surface area contributed by atoms with E-state index < -0.39 is 5.60 Å². The van der Waals surface area contributed by atoms with Gasteiger partial charge in [-0.2, -0.15) is 0 Å². The fraction of sp³-hybridized carbons (Fsp3) is 0.941. The van der Waals surface area contributed by atoms with E-state index in [1.165, 1.54) is 32.1 Å². The first-order chi connectivity index (χ1) is 10.1. The Labute approximate surface area is 126 Å². The molecule has 4 saturated carbocycles. The van der Waals surface area contributed by atoms with Crippen LogP contribution in [0.3, 0.4) is 0 Å². The number of carbonyl (C=O) groups is 1. The van der Waals surface area contributed by atoms with Crippen LogP contribution in [0, 0.1) is 29.6 Å². The second-order valence-corrected chi connectivity index (χ2v) is 8.01. The molecule has 4 bridgehead atoms. The first kappa shape index (κ1) is 14.0. The zero-order valence-corrected chi connectivity index (χ0v) is 12.7. The Kier molecular flexibility index (Phi) is 3.49. The van der Waals surface area contributed by atoms with Crippen molar-refractivity contribution in [3.63, 3.8) is 0 Å². The van der Waals surface area contributed by atoms with Crippen molar-refractivity contribution in [2.45, 2.75) is 50.5 Å². The number of aliphatic hydroxyl groups is 1. The molecule has 4 nitrogen and oxygen atoms in total. The first-order valence-electron chi connectivity index (χ1n) is 8.71. The molecular formula is C17H27NO3. The fourth-order valence-corrected chi connectivity index (χ4v) is 5.65. The van der Waals surface area contributed by atoms with E-state index in [1.807, 2.05) is 0 Å². The molecule has 0 aromatic rings. The van der Waals surface area contributed by atoms with Crippen LogP contribution in [0.4, 0.5) is 0 Å². The average molecular weight is 293 g/mol. The summed E-state index contributed by atoms with van der Waals surface area (Å²) in [6.07, 6.45) is 7.75. The predicted molar refractivity (Wildman–Crippen MR) is 78.5 cm³/mol. The maximum Gasteiger partial charge on any atom is 0.223 e. The Bertz CT molecular complexity index is 388. The van der Waals surface area contributed by atoms with Gasteiger partial charge >= 0.3 is 0 Å². The van der Waals surface area contributed by atoms with Gasteiger partial charge in [-0.05, 0) is 55.8 Å². The van der Waals surface area contributed by atoms with Crippen molar-refractivity contribution in [3.8, 4) is 0 Å². The molecule has 1 aliphatic heterocycles. The Balaban J connectivity index is 1.37. The Morgan fingerprint density at radius 2 is 1.62 bits per heavy atom. The van der Waals surface area contributed by atoms with E-state index in [-0.39, 0.29) is 11.8 Å². The molecule has 0 radical (unpaired) electrons. The molecule has 4 aliphatic carbocycles. The summed E-state index contributed by atoms with van der Waals surface area (Å²) in [4.78, 5) is 12.7. The summed E-state index contributed by atoms with van der Waals surface area (Å²) in [5.41, 5.74) is -0.750. The summed E-state index contributed by atoms with van der Waals surface area (Å²) >= 11 is 0. The van der Waals surface area contributed by atoms with Crippen LogP contribution in [0.15, 0.2) is 0 Å². The van der Waals surface area contributed by atoms with Crippen LogP contribution in [-0.2, 0) is 9.53 Å². The number of nitrogens with one attached hydrogen (secondary N) is 1. The number of hydrogen-bond donors (Lipinski definition) is 2. The lowest BCUT2D eigenvalue weighted by molar-refractivity contribution is -0.140. The van der Waals surface area contributed by atoms with Crippen LogP contribution in [0.1, 0.15) is 44.9 Å².